The second kappa shape index (κ2) is 3.37. The van der Waals surface area contributed by atoms with E-state index in [1.165, 1.54) is 36.8 Å². The summed E-state index contributed by atoms with van der Waals surface area (Å²) in [5.74, 6) is 0.00841. The van der Waals surface area contributed by atoms with Crippen LogP contribution in [0.4, 0.5) is 0 Å². The van der Waals surface area contributed by atoms with Crippen molar-refractivity contribution in [2.45, 2.75) is 56.0 Å². The van der Waals surface area contributed by atoms with Crippen molar-refractivity contribution >= 4 is 5.97 Å². The van der Waals surface area contributed by atoms with E-state index in [2.05, 4.69) is 24.3 Å². The van der Waals surface area contributed by atoms with Crippen molar-refractivity contribution in [1.82, 2.24) is 0 Å². The summed E-state index contributed by atoms with van der Waals surface area (Å²) in [4.78, 5) is 11.7. The van der Waals surface area contributed by atoms with E-state index in [1.807, 2.05) is 0 Å². The first-order valence-electron chi connectivity index (χ1n) is 7.06. The van der Waals surface area contributed by atoms with Gasteiger partial charge in [0.1, 0.15) is 5.60 Å². The molecule has 1 saturated heterocycles. The molecule has 3 aliphatic rings. The molecule has 0 radical (unpaired) electrons. The fourth-order valence-electron chi connectivity index (χ4n) is 4.65. The summed E-state index contributed by atoms with van der Waals surface area (Å²) in [5, 5.41) is 0. The minimum Gasteiger partial charge on any atom is -0.458 e. The first kappa shape index (κ1) is 10.6. The van der Waals surface area contributed by atoms with Crippen LogP contribution in [0.2, 0.25) is 0 Å². The third-order valence-corrected chi connectivity index (χ3v) is 5.38. The maximum absolute atomic E-state index is 11.7. The summed E-state index contributed by atoms with van der Waals surface area (Å²) in [7, 11) is 0. The lowest BCUT2D eigenvalue weighted by atomic mass is 9.69. The van der Waals surface area contributed by atoms with E-state index in [-0.39, 0.29) is 17.0 Å². The topological polar surface area (TPSA) is 26.3 Å². The lowest BCUT2D eigenvalue weighted by Crippen LogP contribution is -2.47. The third kappa shape index (κ3) is 1.12. The second-order valence-corrected chi connectivity index (χ2v) is 6.09. The smallest absolute Gasteiger partial charge is 0.306 e. The molecule has 2 fully saturated rings. The Bertz CT molecular complexity index is 514. The van der Waals surface area contributed by atoms with E-state index in [1.54, 1.807) is 0 Å². The molecule has 1 atom stereocenters. The van der Waals surface area contributed by atoms with Gasteiger partial charge in [-0.1, -0.05) is 37.1 Å². The largest absolute Gasteiger partial charge is 0.458 e. The van der Waals surface area contributed by atoms with Crippen molar-refractivity contribution in [3.05, 3.63) is 35.4 Å². The van der Waals surface area contributed by atoms with Crippen LogP contribution >= 0.6 is 0 Å². The summed E-state index contributed by atoms with van der Waals surface area (Å²) in [6.07, 6.45) is 7.39. The van der Waals surface area contributed by atoms with Crippen LogP contribution in [-0.2, 0) is 21.4 Å². The first-order chi connectivity index (χ1) is 8.76. The molecule has 2 heteroatoms. The predicted octanol–water partition coefficient (Wildman–Crippen LogP) is 3.13. The fourth-order valence-corrected chi connectivity index (χ4v) is 4.65. The van der Waals surface area contributed by atoms with Crippen LogP contribution in [0, 0.1) is 0 Å². The van der Waals surface area contributed by atoms with E-state index >= 15 is 0 Å². The highest BCUT2D eigenvalue weighted by molar-refractivity contribution is 5.73. The molecule has 1 aromatic carbocycles. The molecule has 0 amide bonds. The van der Waals surface area contributed by atoms with Crippen molar-refractivity contribution in [2.75, 3.05) is 0 Å². The van der Waals surface area contributed by atoms with Gasteiger partial charge in [0.05, 0.1) is 0 Å². The Hall–Kier alpha value is -1.31. The summed E-state index contributed by atoms with van der Waals surface area (Å²) in [6, 6.07) is 8.73. The number of ether oxygens (including phenoxy) is 1. The molecule has 1 aliphatic heterocycles. The number of hydrogen-bond acceptors (Lipinski definition) is 2. The van der Waals surface area contributed by atoms with Crippen molar-refractivity contribution in [3.63, 3.8) is 0 Å². The average Bonchev–Trinajstić information content (AvgIpc) is 3.04. The molecule has 1 heterocycles. The number of fused-ring (bicyclic) bond motifs is 3. The molecule has 2 nitrogen and oxygen atoms in total. The molecule has 4 rings (SSSR count). The summed E-state index contributed by atoms with van der Waals surface area (Å²) < 4.78 is 5.89. The van der Waals surface area contributed by atoms with Crippen LogP contribution in [0.15, 0.2) is 24.3 Å². The van der Waals surface area contributed by atoms with Crippen LogP contribution in [0.25, 0.3) is 0 Å². The number of carbonyl (C=O) groups is 1. The molecular weight excluding hydrogens is 224 g/mol. The Labute approximate surface area is 107 Å². The highest BCUT2D eigenvalue weighted by Crippen LogP contribution is 2.60. The number of esters is 1. The van der Waals surface area contributed by atoms with Gasteiger partial charge in [-0.25, -0.2) is 0 Å². The van der Waals surface area contributed by atoms with Gasteiger partial charge in [-0.15, -0.1) is 0 Å². The SMILES string of the molecule is O=C1CCC2(Cc3ccccc3C23CCCC3)O1. The third-order valence-electron chi connectivity index (χ3n) is 5.38. The van der Waals surface area contributed by atoms with Gasteiger partial charge in [0.2, 0.25) is 0 Å². The van der Waals surface area contributed by atoms with Crippen molar-refractivity contribution in [1.29, 1.82) is 0 Å². The van der Waals surface area contributed by atoms with Gasteiger partial charge in [0.25, 0.3) is 0 Å². The maximum atomic E-state index is 11.7. The number of hydrogen-bond donors (Lipinski definition) is 0. The van der Waals surface area contributed by atoms with Crippen LogP contribution in [0.3, 0.4) is 0 Å². The van der Waals surface area contributed by atoms with E-state index in [4.69, 9.17) is 4.74 Å². The molecule has 94 valence electrons. The molecule has 1 unspecified atom stereocenters. The maximum Gasteiger partial charge on any atom is 0.306 e. The predicted molar refractivity (Wildman–Crippen MR) is 68.3 cm³/mol. The molecule has 2 spiro atoms. The summed E-state index contributed by atoms with van der Waals surface area (Å²) in [6.45, 7) is 0. The van der Waals surface area contributed by atoms with Gasteiger partial charge in [0, 0.05) is 18.3 Å². The van der Waals surface area contributed by atoms with E-state index < -0.39 is 0 Å². The zero-order valence-electron chi connectivity index (χ0n) is 10.6. The zero-order valence-corrected chi connectivity index (χ0v) is 10.6. The van der Waals surface area contributed by atoms with Gasteiger partial charge in [-0.05, 0) is 30.4 Å². The van der Waals surface area contributed by atoms with Crippen LogP contribution in [-0.4, -0.2) is 11.6 Å². The quantitative estimate of drug-likeness (QED) is 0.653. The normalized spacial score (nSPS) is 32.1. The molecule has 2 aliphatic carbocycles. The second-order valence-electron chi connectivity index (χ2n) is 6.09. The molecule has 0 N–H and O–H groups in total. The van der Waals surface area contributed by atoms with Gasteiger partial charge in [-0.2, -0.15) is 0 Å². The first-order valence-corrected chi connectivity index (χ1v) is 7.06. The molecule has 1 saturated carbocycles. The lowest BCUT2D eigenvalue weighted by molar-refractivity contribution is -0.153. The van der Waals surface area contributed by atoms with Crippen LogP contribution in [0.5, 0.6) is 0 Å². The number of rotatable bonds is 0. The van der Waals surface area contributed by atoms with Gasteiger partial charge in [-0.3, -0.25) is 4.79 Å². The molecule has 0 bridgehead atoms. The Morgan fingerprint density at radius 2 is 1.83 bits per heavy atom. The van der Waals surface area contributed by atoms with E-state index in [9.17, 15) is 4.79 Å². The molecule has 0 aromatic heterocycles. The van der Waals surface area contributed by atoms with E-state index in [0.29, 0.717) is 6.42 Å². The van der Waals surface area contributed by atoms with Crippen molar-refractivity contribution < 1.29 is 9.53 Å². The van der Waals surface area contributed by atoms with Crippen molar-refractivity contribution in [2.24, 2.45) is 0 Å². The molecule has 1 aromatic rings. The zero-order chi connectivity index (χ0) is 12.2. The summed E-state index contributed by atoms with van der Waals surface area (Å²) in [5.41, 5.74) is 2.81. The fraction of sp³-hybridized carbons (Fsp3) is 0.562. The van der Waals surface area contributed by atoms with Crippen molar-refractivity contribution in [3.8, 4) is 0 Å². The lowest BCUT2D eigenvalue weighted by Gasteiger charge is -2.40. The monoisotopic (exact) mass is 242 g/mol. The number of benzene rings is 1. The standard InChI is InChI=1S/C16H18O2/c17-14-7-10-16(18-14)11-12-5-1-2-6-13(12)15(16)8-3-4-9-15/h1-2,5-6H,3-4,7-11H2. The Kier molecular flexibility index (Phi) is 1.98. The van der Waals surface area contributed by atoms with E-state index in [0.717, 1.165) is 12.8 Å². The van der Waals surface area contributed by atoms with Crippen LogP contribution < -0.4 is 0 Å². The number of carbonyl (C=O) groups excluding carboxylic acids is 1. The summed E-state index contributed by atoms with van der Waals surface area (Å²) >= 11 is 0. The highest BCUT2D eigenvalue weighted by atomic mass is 16.6. The Morgan fingerprint density at radius 1 is 1.06 bits per heavy atom. The van der Waals surface area contributed by atoms with Crippen LogP contribution in [0.1, 0.15) is 49.7 Å². The Balaban J connectivity index is 1.90. The highest BCUT2D eigenvalue weighted by Gasteiger charge is 2.62. The molecule has 18 heavy (non-hydrogen) atoms. The average molecular weight is 242 g/mol. The minimum atomic E-state index is -0.204. The van der Waals surface area contributed by atoms with Gasteiger partial charge >= 0.3 is 5.97 Å². The Morgan fingerprint density at radius 3 is 2.56 bits per heavy atom. The van der Waals surface area contributed by atoms with Gasteiger partial charge in [0.15, 0.2) is 0 Å². The minimum absolute atomic E-state index is 0.00841. The molecular formula is C16H18O2. The van der Waals surface area contributed by atoms with Gasteiger partial charge < -0.3 is 4.74 Å².